The highest BCUT2D eigenvalue weighted by atomic mass is 19.4. The normalized spacial score (nSPS) is 21.3. The SMILES string of the molecule is CCC(C)(OC(F)(F)C(F)(C(C)(C)F)C(F)(F)F)C(F)(COC)C(F)(F)F. The lowest BCUT2D eigenvalue weighted by molar-refractivity contribution is -0.446. The molecule has 3 unspecified atom stereocenters. The fourth-order valence-corrected chi connectivity index (χ4v) is 2.37. The van der Waals surface area contributed by atoms with Gasteiger partial charge in [-0.05, 0) is 27.2 Å². The molecule has 0 spiro atoms. The molecule has 27 heavy (non-hydrogen) atoms. The average molecular weight is 428 g/mol. The van der Waals surface area contributed by atoms with Crippen LogP contribution in [0.4, 0.5) is 48.3 Å². The number of alkyl halides is 11. The van der Waals surface area contributed by atoms with Gasteiger partial charge in [-0.15, -0.1) is 0 Å². The summed E-state index contributed by atoms with van der Waals surface area (Å²) in [6.07, 6.45) is -20.1. The van der Waals surface area contributed by atoms with Crippen molar-refractivity contribution in [3.63, 3.8) is 0 Å². The Bertz CT molecular complexity index is 495. The fraction of sp³-hybridized carbons (Fsp3) is 1.00. The van der Waals surface area contributed by atoms with Crippen molar-refractivity contribution in [1.82, 2.24) is 0 Å². The number of methoxy groups -OCH3 is 1. The smallest absolute Gasteiger partial charge is 0.381 e. The van der Waals surface area contributed by atoms with Crippen LogP contribution in [0.15, 0.2) is 0 Å². The molecule has 0 heterocycles. The van der Waals surface area contributed by atoms with E-state index in [1.165, 1.54) is 0 Å². The van der Waals surface area contributed by atoms with Crippen molar-refractivity contribution in [3.05, 3.63) is 0 Å². The molecule has 0 bridgehead atoms. The van der Waals surface area contributed by atoms with Crippen molar-refractivity contribution in [2.45, 2.75) is 75.2 Å². The standard InChI is InChI=1S/C14H19F11O2/c1-6-9(4,10(16,7-26-5)12(18,19)20)27-14(24,25)11(17,8(2,3)15)13(21,22)23/h6-7H2,1-5H3. The first-order valence-electron chi connectivity index (χ1n) is 7.35. The summed E-state index contributed by atoms with van der Waals surface area (Å²) in [7, 11) is 0.564. The van der Waals surface area contributed by atoms with Crippen LogP contribution in [0.25, 0.3) is 0 Å². The largest absolute Gasteiger partial charge is 0.434 e. The zero-order valence-electron chi connectivity index (χ0n) is 14.9. The third-order valence-electron chi connectivity index (χ3n) is 4.27. The van der Waals surface area contributed by atoms with Crippen LogP contribution >= 0.6 is 0 Å². The van der Waals surface area contributed by atoms with Crippen molar-refractivity contribution in [3.8, 4) is 0 Å². The van der Waals surface area contributed by atoms with Gasteiger partial charge in [-0.1, -0.05) is 6.92 Å². The van der Waals surface area contributed by atoms with Crippen LogP contribution < -0.4 is 0 Å². The van der Waals surface area contributed by atoms with Gasteiger partial charge in [0.1, 0.15) is 5.60 Å². The first-order valence-corrected chi connectivity index (χ1v) is 7.35. The van der Waals surface area contributed by atoms with Crippen LogP contribution in [0.5, 0.6) is 0 Å². The maximum Gasteiger partial charge on any atom is 0.434 e. The highest BCUT2D eigenvalue weighted by Crippen LogP contribution is 2.57. The van der Waals surface area contributed by atoms with Gasteiger partial charge >= 0.3 is 24.1 Å². The topological polar surface area (TPSA) is 18.5 Å². The second kappa shape index (κ2) is 7.20. The second-order valence-corrected chi connectivity index (χ2v) is 6.56. The van der Waals surface area contributed by atoms with E-state index in [1.54, 1.807) is 0 Å². The van der Waals surface area contributed by atoms with E-state index in [1.807, 2.05) is 0 Å². The lowest BCUT2D eigenvalue weighted by Crippen LogP contribution is -2.71. The summed E-state index contributed by atoms with van der Waals surface area (Å²) in [5, 5.41) is 0. The molecule has 0 fully saturated rings. The molecule has 0 saturated heterocycles. The lowest BCUT2D eigenvalue weighted by Gasteiger charge is -2.48. The summed E-state index contributed by atoms with van der Waals surface area (Å²) >= 11 is 0. The van der Waals surface area contributed by atoms with Crippen LogP contribution in [-0.4, -0.2) is 54.8 Å². The number of rotatable bonds is 8. The Morgan fingerprint density at radius 3 is 1.33 bits per heavy atom. The quantitative estimate of drug-likeness (QED) is 0.462. The summed E-state index contributed by atoms with van der Waals surface area (Å²) in [4.78, 5) is 0. The average Bonchev–Trinajstić information content (AvgIpc) is 2.41. The highest BCUT2D eigenvalue weighted by Gasteiger charge is 2.82. The van der Waals surface area contributed by atoms with Crippen molar-refractivity contribution < 1.29 is 57.8 Å². The minimum absolute atomic E-state index is 0.0649. The molecular formula is C14H19F11O2. The summed E-state index contributed by atoms with van der Waals surface area (Å²) < 4.78 is 157. The Balaban J connectivity index is 6.53. The molecule has 0 aliphatic carbocycles. The summed E-state index contributed by atoms with van der Waals surface area (Å²) in [6, 6.07) is 0. The van der Waals surface area contributed by atoms with Gasteiger partial charge in [0.05, 0.1) is 6.61 Å². The number of ether oxygens (including phenoxy) is 2. The molecule has 13 heteroatoms. The number of hydrogen-bond acceptors (Lipinski definition) is 2. The zero-order valence-corrected chi connectivity index (χ0v) is 14.9. The van der Waals surface area contributed by atoms with E-state index < -0.39 is 54.1 Å². The monoisotopic (exact) mass is 428 g/mol. The van der Waals surface area contributed by atoms with Gasteiger partial charge in [-0.3, -0.25) is 0 Å². The predicted octanol–water partition coefficient (Wildman–Crippen LogP) is 5.70. The van der Waals surface area contributed by atoms with Crippen molar-refractivity contribution in [2.75, 3.05) is 13.7 Å². The number of hydrogen-bond donors (Lipinski definition) is 0. The molecule has 0 aliphatic rings. The first-order chi connectivity index (χ1) is 11.6. The third kappa shape index (κ3) is 4.13. The molecule has 0 aliphatic heterocycles. The molecule has 0 aromatic rings. The molecule has 3 atom stereocenters. The maximum atomic E-state index is 14.7. The van der Waals surface area contributed by atoms with Gasteiger partial charge < -0.3 is 9.47 Å². The van der Waals surface area contributed by atoms with Gasteiger partial charge in [0.2, 0.25) is 0 Å². The van der Waals surface area contributed by atoms with E-state index in [4.69, 9.17) is 0 Å². The lowest BCUT2D eigenvalue weighted by atomic mass is 9.81. The Kier molecular flexibility index (Phi) is 6.97. The van der Waals surface area contributed by atoms with Crippen LogP contribution in [0.1, 0.15) is 34.1 Å². The molecule has 0 radical (unpaired) electrons. The maximum absolute atomic E-state index is 14.7. The summed E-state index contributed by atoms with van der Waals surface area (Å²) in [5.74, 6) is 0. The van der Waals surface area contributed by atoms with E-state index in [-0.39, 0.29) is 20.8 Å². The highest BCUT2D eigenvalue weighted by molar-refractivity contribution is 5.10. The van der Waals surface area contributed by atoms with Crippen LogP contribution in [0.3, 0.4) is 0 Å². The van der Waals surface area contributed by atoms with Gasteiger partial charge in [-0.25, -0.2) is 13.2 Å². The minimum atomic E-state index is -6.61. The minimum Gasteiger partial charge on any atom is -0.381 e. The van der Waals surface area contributed by atoms with E-state index in [0.717, 1.165) is 0 Å². The fourth-order valence-electron chi connectivity index (χ4n) is 2.37. The predicted molar refractivity (Wildman–Crippen MR) is 71.6 cm³/mol. The molecule has 0 saturated carbocycles. The molecule has 0 N–H and O–H groups in total. The molecule has 164 valence electrons. The van der Waals surface area contributed by atoms with Gasteiger partial charge in [0.25, 0.3) is 5.67 Å². The van der Waals surface area contributed by atoms with Crippen molar-refractivity contribution in [1.29, 1.82) is 0 Å². The molecule has 2 nitrogen and oxygen atoms in total. The van der Waals surface area contributed by atoms with Gasteiger partial charge in [0.15, 0.2) is 5.67 Å². The van der Waals surface area contributed by atoms with Crippen LogP contribution in [0.2, 0.25) is 0 Å². The van der Waals surface area contributed by atoms with Crippen molar-refractivity contribution in [2.24, 2.45) is 0 Å². The Hall–Kier alpha value is -0.850. The first kappa shape index (κ1) is 26.1. The zero-order chi connectivity index (χ0) is 22.3. The molecular weight excluding hydrogens is 409 g/mol. The van der Waals surface area contributed by atoms with E-state index in [0.29, 0.717) is 14.0 Å². The molecule has 0 aromatic heterocycles. The molecule has 0 rings (SSSR count). The molecule has 0 amide bonds. The van der Waals surface area contributed by atoms with E-state index in [9.17, 15) is 48.3 Å². The summed E-state index contributed by atoms with van der Waals surface area (Å²) in [6.45, 7) is -1.61. The van der Waals surface area contributed by atoms with Gasteiger partial charge in [-0.2, -0.15) is 35.1 Å². The van der Waals surface area contributed by atoms with Crippen molar-refractivity contribution >= 4 is 0 Å². The Morgan fingerprint density at radius 2 is 1.11 bits per heavy atom. The van der Waals surface area contributed by atoms with E-state index in [2.05, 4.69) is 9.47 Å². The van der Waals surface area contributed by atoms with Gasteiger partial charge in [0, 0.05) is 7.11 Å². The Morgan fingerprint density at radius 1 is 0.704 bits per heavy atom. The Labute approximate surface area is 148 Å². The summed E-state index contributed by atoms with van der Waals surface area (Å²) in [5.41, 5.74) is -19.0. The van der Waals surface area contributed by atoms with E-state index >= 15 is 0 Å². The van der Waals surface area contributed by atoms with Crippen LogP contribution in [0, 0.1) is 0 Å². The van der Waals surface area contributed by atoms with Crippen LogP contribution in [-0.2, 0) is 9.47 Å². The third-order valence-corrected chi connectivity index (χ3v) is 4.27. The molecule has 0 aromatic carbocycles. The number of halogens is 11. The second-order valence-electron chi connectivity index (χ2n) is 6.56.